The van der Waals surface area contributed by atoms with Gasteiger partial charge in [0, 0.05) is 16.8 Å². The number of nitrogens with zero attached hydrogens (tertiary/aromatic N) is 1. The minimum atomic E-state index is -0.476. The van der Waals surface area contributed by atoms with Crippen molar-refractivity contribution in [1.29, 1.82) is 5.26 Å². The second-order valence-electron chi connectivity index (χ2n) is 6.39. The number of benzene rings is 3. The number of nitriles is 1. The minimum Gasteiger partial charge on any atom is -0.483 e. The summed E-state index contributed by atoms with van der Waals surface area (Å²) >= 11 is 0. The highest BCUT2D eigenvalue weighted by atomic mass is 19.1. The Kier molecular flexibility index (Phi) is 6.39. The highest BCUT2D eigenvalue weighted by Gasteiger charge is 2.10. The maximum atomic E-state index is 14.0. The zero-order chi connectivity index (χ0) is 20.6. The molecule has 0 aliphatic rings. The molecule has 3 aromatic rings. The Labute approximate surface area is 168 Å². The van der Waals surface area contributed by atoms with Crippen LogP contribution in [-0.2, 0) is 4.79 Å². The number of halogens is 1. The zero-order valence-electron chi connectivity index (χ0n) is 15.9. The summed E-state index contributed by atoms with van der Waals surface area (Å²) in [6.45, 7) is 1.77. The molecular formula is C24H19FN2O2. The van der Waals surface area contributed by atoms with Crippen LogP contribution in [0.5, 0.6) is 5.75 Å². The second-order valence-corrected chi connectivity index (χ2v) is 6.39. The van der Waals surface area contributed by atoms with Crippen molar-refractivity contribution in [3.05, 3.63) is 95.3 Å². The van der Waals surface area contributed by atoms with Crippen LogP contribution in [0.2, 0.25) is 0 Å². The van der Waals surface area contributed by atoms with Crippen LogP contribution in [-0.4, -0.2) is 12.5 Å². The first kappa shape index (κ1) is 19.8. The summed E-state index contributed by atoms with van der Waals surface area (Å²) in [5.41, 5.74) is 2.74. The number of allylic oxidation sites excluding steroid dienone is 1. The fourth-order valence-electron chi connectivity index (χ4n) is 2.71. The lowest BCUT2D eigenvalue weighted by molar-refractivity contribution is -0.118. The summed E-state index contributed by atoms with van der Waals surface area (Å²) in [5, 5.41) is 12.2. The number of aryl methyl sites for hydroxylation is 1. The molecule has 3 rings (SSSR count). The average Bonchev–Trinajstić information content (AvgIpc) is 2.73. The molecule has 0 spiro atoms. The standard InChI is InChI=1S/C24H19FN2O2/c1-17-10-12-20(13-11-17)27-24(28)16-29-23-9-5-2-6-18(23)14-19(15-26)21-7-3-4-8-22(21)25/h2-14H,16H2,1H3,(H,27,28). The molecule has 0 bridgehead atoms. The number of ether oxygens (including phenoxy) is 1. The minimum absolute atomic E-state index is 0.170. The summed E-state index contributed by atoms with van der Waals surface area (Å²) in [5.74, 6) is -0.353. The van der Waals surface area contributed by atoms with Crippen molar-refractivity contribution in [3.8, 4) is 11.8 Å². The molecule has 1 N–H and O–H groups in total. The van der Waals surface area contributed by atoms with Gasteiger partial charge in [-0.05, 0) is 37.3 Å². The molecule has 29 heavy (non-hydrogen) atoms. The summed E-state index contributed by atoms with van der Waals surface area (Å²) in [6.07, 6.45) is 1.55. The third-order valence-electron chi connectivity index (χ3n) is 4.20. The van der Waals surface area contributed by atoms with Crippen molar-refractivity contribution in [2.45, 2.75) is 6.92 Å². The molecule has 0 saturated heterocycles. The molecule has 0 heterocycles. The molecule has 0 radical (unpaired) electrons. The molecule has 0 aromatic heterocycles. The van der Waals surface area contributed by atoms with Gasteiger partial charge < -0.3 is 10.1 Å². The molecule has 5 heteroatoms. The van der Waals surface area contributed by atoms with Crippen LogP contribution < -0.4 is 10.1 Å². The quantitative estimate of drug-likeness (QED) is 0.467. The Morgan fingerprint density at radius 1 is 1.07 bits per heavy atom. The molecule has 0 aliphatic heterocycles. The molecule has 144 valence electrons. The second kappa shape index (κ2) is 9.34. The van der Waals surface area contributed by atoms with E-state index < -0.39 is 5.82 Å². The SMILES string of the molecule is Cc1ccc(NC(=O)COc2ccccc2C=C(C#N)c2ccccc2F)cc1. The molecule has 0 unspecified atom stereocenters. The fourth-order valence-corrected chi connectivity index (χ4v) is 2.71. The van der Waals surface area contributed by atoms with Crippen LogP contribution in [0.4, 0.5) is 10.1 Å². The summed E-state index contributed by atoms with van der Waals surface area (Å²) in [7, 11) is 0. The maximum Gasteiger partial charge on any atom is 0.262 e. The van der Waals surface area contributed by atoms with Crippen LogP contribution >= 0.6 is 0 Å². The Balaban J connectivity index is 1.75. The molecule has 3 aromatic carbocycles. The van der Waals surface area contributed by atoms with Crippen molar-refractivity contribution >= 4 is 23.2 Å². The summed E-state index contributed by atoms with van der Waals surface area (Å²) in [6, 6.07) is 22.5. The van der Waals surface area contributed by atoms with Crippen LogP contribution in [0.25, 0.3) is 11.6 Å². The first-order valence-electron chi connectivity index (χ1n) is 9.02. The van der Waals surface area contributed by atoms with Gasteiger partial charge >= 0.3 is 0 Å². The topological polar surface area (TPSA) is 62.1 Å². The average molecular weight is 386 g/mol. The highest BCUT2D eigenvalue weighted by molar-refractivity contribution is 5.92. The number of rotatable bonds is 6. The first-order valence-corrected chi connectivity index (χ1v) is 9.02. The molecule has 0 atom stereocenters. The number of carbonyl (C=O) groups is 1. The zero-order valence-corrected chi connectivity index (χ0v) is 15.9. The normalized spacial score (nSPS) is 10.9. The molecular weight excluding hydrogens is 367 g/mol. The maximum absolute atomic E-state index is 14.0. The number of carbonyl (C=O) groups excluding carboxylic acids is 1. The van der Waals surface area contributed by atoms with E-state index >= 15 is 0 Å². The third-order valence-corrected chi connectivity index (χ3v) is 4.20. The van der Waals surface area contributed by atoms with Crippen LogP contribution in [0.3, 0.4) is 0 Å². The van der Waals surface area contributed by atoms with E-state index in [0.717, 1.165) is 5.56 Å². The lowest BCUT2D eigenvalue weighted by atomic mass is 10.0. The smallest absolute Gasteiger partial charge is 0.262 e. The number of hydrogen-bond acceptors (Lipinski definition) is 3. The van der Waals surface area contributed by atoms with Crippen molar-refractivity contribution in [2.24, 2.45) is 0 Å². The lowest BCUT2D eigenvalue weighted by Gasteiger charge is -2.10. The van der Waals surface area contributed by atoms with Gasteiger partial charge in [0.2, 0.25) is 0 Å². The van der Waals surface area contributed by atoms with Gasteiger partial charge in [-0.1, -0.05) is 54.1 Å². The van der Waals surface area contributed by atoms with Gasteiger partial charge in [-0.15, -0.1) is 0 Å². The largest absolute Gasteiger partial charge is 0.483 e. The fraction of sp³-hybridized carbons (Fsp3) is 0.0833. The van der Waals surface area contributed by atoms with E-state index in [2.05, 4.69) is 5.32 Å². The Hall–Kier alpha value is -3.91. The molecule has 0 saturated carbocycles. The molecule has 0 aliphatic carbocycles. The van der Waals surface area contributed by atoms with Gasteiger partial charge in [-0.3, -0.25) is 4.79 Å². The Bertz CT molecular complexity index is 1080. The number of para-hydroxylation sites is 1. The van der Waals surface area contributed by atoms with Gasteiger partial charge in [-0.2, -0.15) is 5.26 Å². The van der Waals surface area contributed by atoms with Gasteiger partial charge in [0.15, 0.2) is 6.61 Å². The van der Waals surface area contributed by atoms with Gasteiger partial charge in [0.1, 0.15) is 11.6 Å². The van der Waals surface area contributed by atoms with Crippen molar-refractivity contribution < 1.29 is 13.9 Å². The van der Waals surface area contributed by atoms with E-state index in [1.807, 2.05) is 37.3 Å². The van der Waals surface area contributed by atoms with E-state index in [9.17, 15) is 14.4 Å². The van der Waals surface area contributed by atoms with Crippen molar-refractivity contribution in [3.63, 3.8) is 0 Å². The molecule has 0 fully saturated rings. The van der Waals surface area contributed by atoms with Crippen LogP contribution in [0, 0.1) is 24.1 Å². The Morgan fingerprint density at radius 3 is 2.48 bits per heavy atom. The summed E-state index contributed by atoms with van der Waals surface area (Å²) < 4.78 is 19.7. The van der Waals surface area contributed by atoms with Crippen molar-refractivity contribution in [2.75, 3.05) is 11.9 Å². The van der Waals surface area contributed by atoms with E-state index in [4.69, 9.17) is 4.74 Å². The summed E-state index contributed by atoms with van der Waals surface area (Å²) in [4.78, 5) is 12.2. The van der Waals surface area contributed by atoms with E-state index in [1.165, 1.54) is 6.07 Å². The Morgan fingerprint density at radius 2 is 1.76 bits per heavy atom. The van der Waals surface area contributed by atoms with Crippen LogP contribution in [0.1, 0.15) is 16.7 Å². The van der Waals surface area contributed by atoms with Gasteiger partial charge in [0.05, 0.1) is 11.6 Å². The van der Waals surface area contributed by atoms with Crippen molar-refractivity contribution in [1.82, 2.24) is 0 Å². The van der Waals surface area contributed by atoms with Crippen LogP contribution in [0.15, 0.2) is 72.8 Å². The monoisotopic (exact) mass is 386 g/mol. The number of anilines is 1. The highest BCUT2D eigenvalue weighted by Crippen LogP contribution is 2.26. The number of hydrogen-bond donors (Lipinski definition) is 1. The predicted octanol–water partition coefficient (Wildman–Crippen LogP) is 5.22. The third kappa shape index (κ3) is 5.30. The number of amides is 1. The van der Waals surface area contributed by atoms with Gasteiger partial charge in [-0.25, -0.2) is 4.39 Å². The van der Waals surface area contributed by atoms with Gasteiger partial charge in [0.25, 0.3) is 5.91 Å². The first-order chi connectivity index (χ1) is 14.1. The van der Waals surface area contributed by atoms with E-state index in [-0.39, 0.29) is 23.7 Å². The number of nitrogens with one attached hydrogen (secondary N) is 1. The predicted molar refractivity (Wildman–Crippen MR) is 112 cm³/mol. The lowest BCUT2D eigenvalue weighted by Crippen LogP contribution is -2.20. The van der Waals surface area contributed by atoms with E-state index in [0.29, 0.717) is 17.0 Å². The molecule has 4 nitrogen and oxygen atoms in total. The molecule has 1 amide bonds. The van der Waals surface area contributed by atoms with E-state index in [1.54, 1.807) is 48.5 Å².